The van der Waals surface area contributed by atoms with E-state index in [1.165, 1.54) is 0 Å². The SMILES string of the molecule is Cc1nn(CN(C)Cc2ccc(Cl)cc2)c(C)c1S(=O)(=O)N1CCC(C)CC1. The van der Waals surface area contributed by atoms with Gasteiger partial charge >= 0.3 is 0 Å². The molecule has 6 nitrogen and oxygen atoms in total. The van der Waals surface area contributed by atoms with Crippen molar-refractivity contribution in [1.82, 2.24) is 19.0 Å². The molecule has 0 spiro atoms. The topological polar surface area (TPSA) is 58.4 Å². The Kier molecular flexibility index (Phi) is 6.49. The molecule has 1 aliphatic heterocycles. The smallest absolute Gasteiger partial charge is 0.246 e. The van der Waals surface area contributed by atoms with Gasteiger partial charge in [0.05, 0.1) is 18.1 Å². The Labute approximate surface area is 173 Å². The van der Waals surface area contributed by atoms with Crippen molar-refractivity contribution >= 4 is 21.6 Å². The van der Waals surface area contributed by atoms with Crippen molar-refractivity contribution in [1.29, 1.82) is 0 Å². The highest BCUT2D eigenvalue weighted by Crippen LogP contribution is 2.27. The molecule has 0 atom stereocenters. The third-order valence-electron chi connectivity index (χ3n) is 5.40. The maximum absolute atomic E-state index is 13.2. The fourth-order valence-electron chi connectivity index (χ4n) is 3.73. The van der Waals surface area contributed by atoms with E-state index in [0.29, 0.717) is 47.0 Å². The number of piperidine rings is 1. The van der Waals surface area contributed by atoms with Gasteiger partial charge in [-0.25, -0.2) is 8.42 Å². The average Bonchev–Trinajstić information content (AvgIpc) is 2.91. The lowest BCUT2D eigenvalue weighted by atomic mass is 10.0. The van der Waals surface area contributed by atoms with E-state index in [0.717, 1.165) is 24.9 Å². The molecule has 1 aromatic heterocycles. The summed E-state index contributed by atoms with van der Waals surface area (Å²) in [7, 11) is -1.52. The number of benzene rings is 1. The molecule has 8 heteroatoms. The quantitative estimate of drug-likeness (QED) is 0.710. The van der Waals surface area contributed by atoms with Gasteiger partial charge in [-0.1, -0.05) is 30.7 Å². The van der Waals surface area contributed by atoms with Gasteiger partial charge in [0.2, 0.25) is 10.0 Å². The maximum atomic E-state index is 13.2. The van der Waals surface area contributed by atoms with Gasteiger partial charge in [-0.3, -0.25) is 9.58 Å². The minimum Gasteiger partial charge on any atom is -0.283 e. The van der Waals surface area contributed by atoms with Crippen LogP contribution < -0.4 is 0 Å². The number of aromatic nitrogens is 2. The van der Waals surface area contributed by atoms with E-state index >= 15 is 0 Å². The number of nitrogens with zero attached hydrogens (tertiary/aromatic N) is 4. The van der Waals surface area contributed by atoms with Crippen LogP contribution in [0.3, 0.4) is 0 Å². The summed E-state index contributed by atoms with van der Waals surface area (Å²) in [6.07, 6.45) is 1.82. The van der Waals surface area contributed by atoms with E-state index in [4.69, 9.17) is 11.6 Å². The molecule has 1 saturated heterocycles. The third kappa shape index (κ3) is 4.59. The van der Waals surface area contributed by atoms with Crippen LogP contribution in [0.2, 0.25) is 5.02 Å². The van der Waals surface area contributed by atoms with Gasteiger partial charge < -0.3 is 0 Å². The fraction of sp³-hybridized carbons (Fsp3) is 0.550. The number of hydrogen-bond donors (Lipinski definition) is 0. The number of rotatable bonds is 6. The molecule has 0 amide bonds. The van der Waals surface area contributed by atoms with Gasteiger partial charge in [-0.2, -0.15) is 9.40 Å². The van der Waals surface area contributed by atoms with Crippen LogP contribution in [0.5, 0.6) is 0 Å². The van der Waals surface area contributed by atoms with Crippen molar-refractivity contribution in [2.75, 3.05) is 20.1 Å². The standard InChI is InChI=1S/C20H29ClN4O2S/c1-15-9-11-24(12-10-15)28(26,27)20-16(2)22-25(17(20)3)14-23(4)13-18-5-7-19(21)8-6-18/h5-8,15H,9-14H2,1-4H3. The predicted octanol–water partition coefficient (Wildman–Crippen LogP) is 3.66. The van der Waals surface area contributed by atoms with Crippen LogP contribution in [0, 0.1) is 19.8 Å². The van der Waals surface area contributed by atoms with E-state index in [1.807, 2.05) is 38.2 Å². The van der Waals surface area contributed by atoms with Crippen molar-refractivity contribution < 1.29 is 8.42 Å². The van der Waals surface area contributed by atoms with E-state index in [9.17, 15) is 8.42 Å². The molecule has 0 bridgehead atoms. The second kappa shape index (κ2) is 8.53. The predicted molar refractivity (Wildman–Crippen MR) is 112 cm³/mol. The van der Waals surface area contributed by atoms with Gasteiger partial charge in [0.1, 0.15) is 4.90 Å². The summed E-state index contributed by atoms with van der Waals surface area (Å²) in [4.78, 5) is 2.46. The highest BCUT2D eigenvalue weighted by molar-refractivity contribution is 7.89. The molecule has 2 aromatic rings. The Bertz CT molecular complexity index is 916. The Morgan fingerprint density at radius 2 is 1.79 bits per heavy atom. The number of aryl methyl sites for hydroxylation is 1. The summed E-state index contributed by atoms with van der Waals surface area (Å²) in [6.45, 7) is 8.21. The van der Waals surface area contributed by atoms with Gasteiger partial charge in [0.25, 0.3) is 0 Å². The second-order valence-electron chi connectivity index (χ2n) is 7.87. The number of halogens is 1. The normalized spacial score (nSPS) is 16.8. The van der Waals surface area contributed by atoms with Crippen molar-refractivity contribution in [3.63, 3.8) is 0 Å². The first kappa shape index (κ1) is 21.3. The Morgan fingerprint density at radius 3 is 2.39 bits per heavy atom. The van der Waals surface area contributed by atoms with Gasteiger partial charge in [0.15, 0.2) is 0 Å². The fourth-order valence-corrected chi connectivity index (χ4v) is 5.69. The van der Waals surface area contributed by atoms with Gasteiger partial charge in [-0.15, -0.1) is 0 Å². The Morgan fingerprint density at radius 1 is 1.18 bits per heavy atom. The molecule has 0 saturated carbocycles. The zero-order valence-corrected chi connectivity index (χ0v) is 18.6. The Hall–Kier alpha value is -1.41. The minimum absolute atomic E-state index is 0.363. The van der Waals surface area contributed by atoms with Crippen LogP contribution in [-0.4, -0.2) is 47.5 Å². The van der Waals surface area contributed by atoms with Gasteiger partial charge in [-0.05, 0) is 57.4 Å². The van der Waals surface area contributed by atoms with Gasteiger partial charge in [0, 0.05) is 24.7 Å². The van der Waals surface area contributed by atoms with Crippen molar-refractivity contribution in [3.8, 4) is 0 Å². The minimum atomic E-state index is -3.51. The van der Waals surface area contributed by atoms with Crippen molar-refractivity contribution in [3.05, 3.63) is 46.2 Å². The summed E-state index contributed by atoms with van der Waals surface area (Å²) in [5, 5.41) is 5.24. The molecule has 0 N–H and O–H groups in total. The Balaban J connectivity index is 1.76. The highest BCUT2D eigenvalue weighted by Gasteiger charge is 2.33. The van der Waals surface area contributed by atoms with E-state index in [-0.39, 0.29) is 0 Å². The van der Waals surface area contributed by atoms with Crippen LogP contribution in [0.1, 0.15) is 36.7 Å². The largest absolute Gasteiger partial charge is 0.283 e. The average molecular weight is 425 g/mol. The van der Waals surface area contributed by atoms with Crippen molar-refractivity contribution in [2.24, 2.45) is 5.92 Å². The lowest BCUT2D eigenvalue weighted by molar-refractivity contribution is 0.243. The molecule has 0 aliphatic carbocycles. The molecular weight excluding hydrogens is 396 g/mol. The lowest BCUT2D eigenvalue weighted by Crippen LogP contribution is -2.38. The summed E-state index contributed by atoms with van der Waals surface area (Å²) in [5.74, 6) is 0.581. The molecule has 3 rings (SSSR count). The molecule has 2 heterocycles. The molecule has 0 radical (unpaired) electrons. The highest BCUT2D eigenvalue weighted by atomic mass is 35.5. The molecule has 154 valence electrons. The maximum Gasteiger partial charge on any atom is 0.246 e. The van der Waals surface area contributed by atoms with Crippen molar-refractivity contribution in [2.45, 2.75) is 51.7 Å². The number of sulfonamides is 1. The lowest BCUT2D eigenvalue weighted by Gasteiger charge is -2.29. The van der Waals surface area contributed by atoms with E-state index in [2.05, 4.69) is 16.9 Å². The molecule has 1 aliphatic rings. The summed E-state index contributed by atoms with van der Waals surface area (Å²) >= 11 is 5.95. The zero-order chi connectivity index (χ0) is 20.5. The third-order valence-corrected chi connectivity index (χ3v) is 7.80. The molecule has 0 unspecified atom stereocenters. The zero-order valence-electron chi connectivity index (χ0n) is 17.0. The summed E-state index contributed by atoms with van der Waals surface area (Å²) in [5.41, 5.74) is 2.40. The van der Waals surface area contributed by atoms with Crippen LogP contribution in [0.15, 0.2) is 29.2 Å². The molecule has 1 fully saturated rings. The van der Waals surface area contributed by atoms with E-state index in [1.54, 1.807) is 15.9 Å². The molecule has 1 aromatic carbocycles. The second-order valence-corrected chi connectivity index (χ2v) is 10.2. The summed E-state index contributed by atoms with van der Waals surface area (Å²) < 4.78 is 29.8. The van der Waals surface area contributed by atoms with Crippen LogP contribution in [0.25, 0.3) is 0 Å². The van der Waals surface area contributed by atoms with Crippen LogP contribution >= 0.6 is 11.6 Å². The number of hydrogen-bond acceptors (Lipinski definition) is 4. The first-order chi connectivity index (χ1) is 13.2. The van der Waals surface area contributed by atoms with Crippen LogP contribution in [-0.2, 0) is 23.2 Å². The van der Waals surface area contributed by atoms with Crippen LogP contribution in [0.4, 0.5) is 0 Å². The summed E-state index contributed by atoms with van der Waals surface area (Å²) in [6, 6.07) is 7.73. The molecular formula is C20H29ClN4O2S. The van der Waals surface area contributed by atoms with E-state index < -0.39 is 10.0 Å². The first-order valence-corrected chi connectivity index (χ1v) is 11.5. The molecule has 28 heavy (non-hydrogen) atoms. The first-order valence-electron chi connectivity index (χ1n) is 9.65. The monoisotopic (exact) mass is 424 g/mol.